The van der Waals surface area contributed by atoms with E-state index < -0.39 is 12.0 Å². The average Bonchev–Trinajstić information content (AvgIpc) is 3.55. The standard InChI is InChI=1S/C28H24ClN3O5S/c1-35-13-14-36-23-9-8-19(16-20(23)29)32-26(25(31-28(32)38)21-7-2-3-12-30-21)24-11-10-22(37-24)17-5-4-6-18(15-17)27(33)34/h2-12,15-16,25-26H,13-14H2,1H3,(H,31,38)(H,33,34)/t25-,26-/m1/s1. The van der Waals surface area contributed by atoms with Crippen molar-refractivity contribution in [3.8, 4) is 17.1 Å². The molecule has 38 heavy (non-hydrogen) atoms. The number of anilines is 1. The molecular formula is C28H24ClN3O5S. The van der Waals surface area contributed by atoms with Gasteiger partial charge in [-0.05, 0) is 66.8 Å². The van der Waals surface area contributed by atoms with Crippen LogP contribution in [0.5, 0.6) is 5.75 Å². The lowest BCUT2D eigenvalue weighted by atomic mass is 10.0. The summed E-state index contributed by atoms with van der Waals surface area (Å²) >= 11 is 12.3. The van der Waals surface area contributed by atoms with Gasteiger partial charge in [0.2, 0.25) is 0 Å². The maximum atomic E-state index is 11.5. The number of rotatable bonds is 9. The third-order valence-electron chi connectivity index (χ3n) is 6.15. The Hall–Kier alpha value is -3.92. The van der Waals surface area contributed by atoms with Crippen molar-refractivity contribution in [3.63, 3.8) is 0 Å². The van der Waals surface area contributed by atoms with Crippen molar-refractivity contribution < 1.29 is 23.8 Å². The number of hydrogen-bond acceptors (Lipinski definition) is 6. The highest BCUT2D eigenvalue weighted by molar-refractivity contribution is 7.80. The van der Waals surface area contributed by atoms with Gasteiger partial charge in [-0.3, -0.25) is 4.98 Å². The van der Waals surface area contributed by atoms with Crippen molar-refractivity contribution in [2.45, 2.75) is 12.1 Å². The van der Waals surface area contributed by atoms with Crippen molar-refractivity contribution in [1.29, 1.82) is 0 Å². The maximum Gasteiger partial charge on any atom is 0.335 e. The molecule has 8 nitrogen and oxygen atoms in total. The minimum Gasteiger partial charge on any atom is -0.490 e. The van der Waals surface area contributed by atoms with Crippen LogP contribution < -0.4 is 15.0 Å². The van der Waals surface area contributed by atoms with Crippen LogP contribution in [0.15, 0.2) is 83.4 Å². The SMILES string of the molecule is COCCOc1ccc(N2C(=S)N[C@H](c3ccccn3)[C@H]2c2ccc(-c3cccc(C(=O)O)c3)o2)cc1Cl. The summed E-state index contributed by atoms with van der Waals surface area (Å²) in [6.45, 7) is 0.824. The molecule has 0 bridgehead atoms. The van der Waals surface area contributed by atoms with Crippen LogP contribution in [0.2, 0.25) is 5.02 Å². The maximum absolute atomic E-state index is 11.5. The first-order valence-corrected chi connectivity index (χ1v) is 12.6. The molecule has 2 N–H and O–H groups in total. The fourth-order valence-corrected chi connectivity index (χ4v) is 4.96. The fraction of sp³-hybridized carbons (Fsp3) is 0.179. The zero-order valence-electron chi connectivity index (χ0n) is 20.3. The van der Waals surface area contributed by atoms with Crippen LogP contribution >= 0.6 is 23.8 Å². The minimum atomic E-state index is -1.00. The van der Waals surface area contributed by atoms with Crippen LogP contribution in [0, 0.1) is 0 Å². The van der Waals surface area contributed by atoms with Crippen LogP contribution in [0.25, 0.3) is 11.3 Å². The summed E-state index contributed by atoms with van der Waals surface area (Å²) in [6, 6.07) is 20.8. The number of carboxylic acids is 1. The van der Waals surface area contributed by atoms with Crippen LogP contribution in [-0.4, -0.2) is 41.5 Å². The van der Waals surface area contributed by atoms with E-state index in [0.717, 1.165) is 11.4 Å². The van der Waals surface area contributed by atoms with Gasteiger partial charge in [-0.1, -0.05) is 29.8 Å². The highest BCUT2D eigenvalue weighted by Crippen LogP contribution is 2.44. The number of carbonyl (C=O) groups is 1. The Morgan fingerprint density at radius 1 is 1.13 bits per heavy atom. The summed E-state index contributed by atoms with van der Waals surface area (Å²) in [5, 5.41) is 13.7. The lowest BCUT2D eigenvalue weighted by molar-refractivity contribution is 0.0697. The molecule has 2 aromatic carbocycles. The number of aromatic carboxylic acids is 1. The van der Waals surface area contributed by atoms with Gasteiger partial charge >= 0.3 is 5.97 Å². The molecular weight excluding hydrogens is 526 g/mol. The Morgan fingerprint density at radius 3 is 2.74 bits per heavy atom. The van der Waals surface area contributed by atoms with Crippen molar-refractivity contribution in [3.05, 3.63) is 101 Å². The molecule has 1 fully saturated rings. The fourth-order valence-electron chi connectivity index (χ4n) is 4.39. The number of halogens is 1. The number of pyridine rings is 1. The Labute approximate surface area is 229 Å². The molecule has 4 aromatic rings. The van der Waals surface area contributed by atoms with E-state index in [2.05, 4.69) is 10.3 Å². The van der Waals surface area contributed by atoms with Crippen molar-refractivity contribution in [1.82, 2.24) is 10.3 Å². The molecule has 0 radical (unpaired) electrons. The Balaban J connectivity index is 1.53. The van der Waals surface area contributed by atoms with E-state index in [1.165, 1.54) is 0 Å². The summed E-state index contributed by atoms with van der Waals surface area (Å²) in [7, 11) is 1.61. The molecule has 0 spiro atoms. The molecule has 2 atom stereocenters. The molecule has 5 rings (SSSR count). The van der Waals surface area contributed by atoms with E-state index in [0.29, 0.717) is 46.2 Å². The van der Waals surface area contributed by atoms with Crippen LogP contribution in [0.1, 0.15) is 33.9 Å². The molecule has 1 aliphatic heterocycles. The molecule has 1 saturated heterocycles. The van der Waals surface area contributed by atoms with Gasteiger partial charge in [0, 0.05) is 24.6 Å². The average molecular weight is 550 g/mol. The van der Waals surface area contributed by atoms with Gasteiger partial charge in [0.1, 0.15) is 29.9 Å². The number of nitrogens with one attached hydrogen (secondary N) is 1. The van der Waals surface area contributed by atoms with E-state index in [9.17, 15) is 9.90 Å². The number of carboxylic acid groups (broad SMARTS) is 1. The molecule has 0 saturated carbocycles. The first kappa shape index (κ1) is 25.7. The molecule has 194 valence electrons. The molecule has 2 aromatic heterocycles. The van der Waals surface area contributed by atoms with Gasteiger partial charge < -0.3 is 29.2 Å². The lowest BCUT2D eigenvalue weighted by Crippen LogP contribution is -2.29. The first-order chi connectivity index (χ1) is 18.5. The van der Waals surface area contributed by atoms with Crippen LogP contribution in [0.4, 0.5) is 5.69 Å². The van der Waals surface area contributed by atoms with Crippen LogP contribution in [-0.2, 0) is 4.74 Å². The first-order valence-electron chi connectivity index (χ1n) is 11.8. The number of aromatic nitrogens is 1. The number of nitrogens with zero attached hydrogens (tertiary/aromatic N) is 2. The summed E-state index contributed by atoms with van der Waals surface area (Å²) in [5.74, 6) is 0.708. The predicted molar refractivity (Wildman–Crippen MR) is 148 cm³/mol. The van der Waals surface area contributed by atoms with Crippen molar-refractivity contribution in [2.24, 2.45) is 0 Å². The van der Waals surface area contributed by atoms with Crippen molar-refractivity contribution >= 4 is 40.6 Å². The highest BCUT2D eigenvalue weighted by Gasteiger charge is 2.42. The van der Waals surface area contributed by atoms with Gasteiger partial charge in [-0.25, -0.2) is 4.79 Å². The molecule has 3 heterocycles. The third-order valence-corrected chi connectivity index (χ3v) is 6.76. The van der Waals surface area contributed by atoms with Gasteiger partial charge in [0.25, 0.3) is 0 Å². The normalized spacial score (nSPS) is 16.9. The molecule has 0 aliphatic carbocycles. The van der Waals surface area contributed by atoms with E-state index >= 15 is 0 Å². The third kappa shape index (κ3) is 5.22. The monoisotopic (exact) mass is 549 g/mol. The Kier molecular flexibility index (Phi) is 7.59. The molecule has 0 amide bonds. The summed E-state index contributed by atoms with van der Waals surface area (Å²) < 4.78 is 17.1. The number of furan rings is 1. The van der Waals surface area contributed by atoms with E-state index in [1.807, 2.05) is 47.4 Å². The molecule has 0 unspecified atom stereocenters. The minimum absolute atomic E-state index is 0.180. The van der Waals surface area contributed by atoms with Gasteiger partial charge in [0.15, 0.2) is 5.11 Å². The number of methoxy groups -OCH3 is 1. The topological polar surface area (TPSA) is 97.1 Å². The number of hydrogen-bond donors (Lipinski definition) is 2. The lowest BCUT2D eigenvalue weighted by Gasteiger charge is -2.26. The van der Waals surface area contributed by atoms with Gasteiger partial charge in [0.05, 0.1) is 28.9 Å². The predicted octanol–water partition coefficient (Wildman–Crippen LogP) is 5.90. The zero-order valence-corrected chi connectivity index (χ0v) is 21.9. The number of ether oxygens (including phenoxy) is 2. The summed E-state index contributed by atoms with van der Waals surface area (Å²) in [5.41, 5.74) is 2.38. The number of benzene rings is 2. The van der Waals surface area contributed by atoms with E-state index in [4.69, 9.17) is 37.7 Å². The zero-order chi connectivity index (χ0) is 26.6. The van der Waals surface area contributed by atoms with E-state index in [-0.39, 0.29) is 11.6 Å². The van der Waals surface area contributed by atoms with Gasteiger partial charge in [-0.15, -0.1) is 0 Å². The second-order valence-corrected chi connectivity index (χ2v) is 9.33. The van der Waals surface area contributed by atoms with Crippen LogP contribution in [0.3, 0.4) is 0 Å². The van der Waals surface area contributed by atoms with Gasteiger partial charge in [-0.2, -0.15) is 0 Å². The Bertz CT molecular complexity index is 1460. The second kappa shape index (κ2) is 11.2. The van der Waals surface area contributed by atoms with E-state index in [1.54, 1.807) is 43.6 Å². The van der Waals surface area contributed by atoms with Crippen molar-refractivity contribution in [2.75, 3.05) is 25.2 Å². The summed E-state index contributed by atoms with van der Waals surface area (Å²) in [6.07, 6.45) is 1.73. The molecule has 1 aliphatic rings. The second-order valence-electron chi connectivity index (χ2n) is 8.54. The largest absolute Gasteiger partial charge is 0.490 e. The number of thiocarbonyl (C=S) groups is 1. The highest BCUT2D eigenvalue weighted by atomic mass is 35.5. The quantitative estimate of drug-likeness (QED) is 0.195. The Morgan fingerprint density at radius 2 is 2.00 bits per heavy atom. The smallest absolute Gasteiger partial charge is 0.335 e. The summed E-state index contributed by atoms with van der Waals surface area (Å²) in [4.78, 5) is 18.0. The molecule has 10 heteroatoms.